The van der Waals surface area contributed by atoms with Crippen molar-refractivity contribution in [3.05, 3.63) is 54.4 Å². The number of nitrogens with zero attached hydrogens (tertiary/aromatic N) is 1. The van der Waals surface area contributed by atoms with E-state index in [0.29, 0.717) is 11.3 Å². The van der Waals surface area contributed by atoms with E-state index in [1.54, 1.807) is 30.5 Å². The predicted molar refractivity (Wildman–Crippen MR) is 78.0 cm³/mol. The standard InChI is InChI=1S/C13H14N4O3S/c14-21(19,20)12-5-3-11(4-6-12)16-9-17-13(18)10-2-1-7-15-8-10/h1-8,16H,9H2,(H,17,18)(H2,14,19,20). The van der Waals surface area contributed by atoms with Crippen LogP contribution in [0.3, 0.4) is 0 Å². The molecule has 1 heterocycles. The lowest BCUT2D eigenvalue weighted by atomic mass is 10.3. The Labute approximate surface area is 122 Å². The molecule has 0 aliphatic heterocycles. The molecule has 0 fully saturated rings. The summed E-state index contributed by atoms with van der Waals surface area (Å²) >= 11 is 0. The van der Waals surface area contributed by atoms with Gasteiger partial charge in [0.05, 0.1) is 17.1 Å². The first-order chi connectivity index (χ1) is 9.97. The Kier molecular flexibility index (Phi) is 4.51. The van der Waals surface area contributed by atoms with Crippen molar-refractivity contribution in [3.8, 4) is 0 Å². The molecule has 0 spiro atoms. The van der Waals surface area contributed by atoms with Crippen LogP contribution < -0.4 is 15.8 Å². The molecular formula is C13H14N4O3S. The smallest absolute Gasteiger partial charge is 0.254 e. The van der Waals surface area contributed by atoms with E-state index >= 15 is 0 Å². The normalized spacial score (nSPS) is 10.9. The number of pyridine rings is 1. The van der Waals surface area contributed by atoms with Crippen LogP contribution >= 0.6 is 0 Å². The third-order valence-electron chi connectivity index (χ3n) is 2.65. The number of aromatic nitrogens is 1. The minimum atomic E-state index is -3.69. The van der Waals surface area contributed by atoms with E-state index in [9.17, 15) is 13.2 Å². The number of nitrogens with two attached hydrogens (primary N) is 1. The third-order valence-corrected chi connectivity index (χ3v) is 3.58. The van der Waals surface area contributed by atoms with Gasteiger partial charge < -0.3 is 10.6 Å². The van der Waals surface area contributed by atoms with E-state index in [4.69, 9.17) is 5.14 Å². The largest absolute Gasteiger partial charge is 0.368 e. The van der Waals surface area contributed by atoms with E-state index in [-0.39, 0.29) is 17.5 Å². The van der Waals surface area contributed by atoms with Crippen LogP contribution in [-0.4, -0.2) is 26.0 Å². The maximum atomic E-state index is 11.7. The van der Waals surface area contributed by atoms with Gasteiger partial charge in [0, 0.05) is 18.1 Å². The summed E-state index contributed by atoms with van der Waals surface area (Å²) in [4.78, 5) is 15.6. The molecule has 0 unspecified atom stereocenters. The first-order valence-electron chi connectivity index (χ1n) is 6.02. The molecule has 8 heteroatoms. The van der Waals surface area contributed by atoms with Crippen LogP contribution in [0.4, 0.5) is 5.69 Å². The number of primary sulfonamides is 1. The Bertz CT molecular complexity index is 715. The number of carbonyl (C=O) groups excluding carboxylic acids is 1. The van der Waals surface area contributed by atoms with Crippen molar-refractivity contribution in [2.75, 3.05) is 12.0 Å². The van der Waals surface area contributed by atoms with E-state index < -0.39 is 10.0 Å². The molecular weight excluding hydrogens is 292 g/mol. The lowest BCUT2D eigenvalue weighted by Gasteiger charge is -2.08. The number of amides is 1. The maximum absolute atomic E-state index is 11.7. The fourth-order valence-corrected chi connectivity index (χ4v) is 2.10. The molecule has 110 valence electrons. The summed E-state index contributed by atoms with van der Waals surface area (Å²) in [6.45, 7) is 0.197. The highest BCUT2D eigenvalue weighted by Gasteiger charge is 2.07. The second kappa shape index (κ2) is 6.33. The monoisotopic (exact) mass is 306 g/mol. The molecule has 7 nitrogen and oxygen atoms in total. The van der Waals surface area contributed by atoms with Crippen molar-refractivity contribution < 1.29 is 13.2 Å². The van der Waals surface area contributed by atoms with Gasteiger partial charge in [-0.2, -0.15) is 0 Å². The summed E-state index contributed by atoms with van der Waals surface area (Å²) in [7, 11) is -3.69. The highest BCUT2D eigenvalue weighted by atomic mass is 32.2. The highest BCUT2D eigenvalue weighted by molar-refractivity contribution is 7.89. The molecule has 2 rings (SSSR count). The molecule has 0 atom stereocenters. The van der Waals surface area contributed by atoms with Gasteiger partial charge in [0.2, 0.25) is 10.0 Å². The first kappa shape index (κ1) is 14.9. The van der Waals surface area contributed by atoms with E-state index in [1.165, 1.54) is 18.3 Å². The lowest BCUT2D eigenvalue weighted by Crippen LogP contribution is -2.29. The Morgan fingerprint density at radius 3 is 2.48 bits per heavy atom. The van der Waals surface area contributed by atoms with Crippen LogP contribution in [-0.2, 0) is 10.0 Å². The molecule has 1 aromatic carbocycles. The molecule has 0 saturated carbocycles. The predicted octanol–water partition coefficient (Wildman–Crippen LogP) is 0.528. The van der Waals surface area contributed by atoms with Gasteiger partial charge >= 0.3 is 0 Å². The molecule has 2 aromatic rings. The summed E-state index contributed by atoms with van der Waals surface area (Å²) in [5.41, 5.74) is 1.12. The van der Waals surface area contributed by atoms with Crippen LogP contribution in [0.5, 0.6) is 0 Å². The average molecular weight is 306 g/mol. The Balaban J connectivity index is 1.88. The zero-order valence-electron chi connectivity index (χ0n) is 11.0. The van der Waals surface area contributed by atoms with Gasteiger partial charge in [-0.25, -0.2) is 13.6 Å². The van der Waals surface area contributed by atoms with Gasteiger partial charge in [-0.1, -0.05) is 0 Å². The van der Waals surface area contributed by atoms with Gasteiger partial charge in [-0.15, -0.1) is 0 Å². The molecule has 0 aliphatic rings. The van der Waals surface area contributed by atoms with E-state index in [1.807, 2.05) is 0 Å². The number of benzene rings is 1. The van der Waals surface area contributed by atoms with Crippen molar-refractivity contribution in [3.63, 3.8) is 0 Å². The minimum Gasteiger partial charge on any atom is -0.368 e. The third kappa shape index (κ3) is 4.26. The maximum Gasteiger partial charge on any atom is 0.254 e. The molecule has 1 aromatic heterocycles. The Hall–Kier alpha value is -2.45. The van der Waals surface area contributed by atoms with Crippen molar-refractivity contribution in [1.82, 2.24) is 10.3 Å². The topological polar surface area (TPSA) is 114 Å². The number of anilines is 1. The van der Waals surface area contributed by atoms with Crippen molar-refractivity contribution >= 4 is 21.6 Å². The molecule has 0 radical (unpaired) electrons. The Morgan fingerprint density at radius 2 is 1.90 bits per heavy atom. The zero-order valence-corrected chi connectivity index (χ0v) is 11.8. The molecule has 21 heavy (non-hydrogen) atoms. The summed E-state index contributed by atoms with van der Waals surface area (Å²) in [5, 5.41) is 10.6. The van der Waals surface area contributed by atoms with Crippen LogP contribution in [0.25, 0.3) is 0 Å². The number of carbonyl (C=O) groups is 1. The number of nitrogens with one attached hydrogen (secondary N) is 2. The zero-order chi connectivity index (χ0) is 15.3. The van der Waals surface area contributed by atoms with Gasteiger partial charge in [0.1, 0.15) is 0 Å². The number of sulfonamides is 1. The Morgan fingerprint density at radius 1 is 1.19 bits per heavy atom. The van der Waals surface area contributed by atoms with Gasteiger partial charge in [0.15, 0.2) is 0 Å². The van der Waals surface area contributed by atoms with Gasteiger partial charge in [0.25, 0.3) is 5.91 Å². The molecule has 0 aliphatic carbocycles. The van der Waals surface area contributed by atoms with Crippen molar-refractivity contribution in [2.45, 2.75) is 4.90 Å². The lowest BCUT2D eigenvalue weighted by molar-refractivity contribution is 0.0956. The second-order valence-electron chi connectivity index (χ2n) is 4.17. The fourth-order valence-electron chi connectivity index (χ4n) is 1.59. The summed E-state index contributed by atoms with van der Waals surface area (Å²) in [6.07, 6.45) is 3.05. The highest BCUT2D eigenvalue weighted by Crippen LogP contribution is 2.12. The van der Waals surface area contributed by atoms with E-state index in [0.717, 1.165) is 0 Å². The van der Waals surface area contributed by atoms with Crippen molar-refractivity contribution in [1.29, 1.82) is 0 Å². The summed E-state index contributed by atoms with van der Waals surface area (Å²) in [5.74, 6) is -0.253. The number of hydrogen-bond donors (Lipinski definition) is 3. The SMILES string of the molecule is NS(=O)(=O)c1ccc(NCNC(=O)c2cccnc2)cc1. The molecule has 0 saturated heterocycles. The van der Waals surface area contributed by atoms with Crippen molar-refractivity contribution in [2.24, 2.45) is 5.14 Å². The van der Waals surface area contributed by atoms with Gasteiger partial charge in [-0.05, 0) is 36.4 Å². The quantitative estimate of drug-likeness (QED) is 0.697. The molecule has 1 amide bonds. The number of hydrogen-bond acceptors (Lipinski definition) is 5. The van der Waals surface area contributed by atoms with E-state index in [2.05, 4.69) is 15.6 Å². The van der Waals surface area contributed by atoms with Gasteiger partial charge in [-0.3, -0.25) is 9.78 Å². The summed E-state index contributed by atoms with van der Waals surface area (Å²) in [6, 6.07) is 9.24. The molecule has 0 bridgehead atoms. The first-order valence-corrected chi connectivity index (χ1v) is 7.56. The van der Waals surface area contributed by atoms with Crippen LogP contribution in [0.15, 0.2) is 53.7 Å². The minimum absolute atomic E-state index is 0.0347. The second-order valence-corrected chi connectivity index (χ2v) is 5.73. The average Bonchev–Trinajstić information content (AvgIpc) is 2.47. The fraction of sp³-hybridized carbons (Fsp3) is 0.0769. The van der Waals surface area contributed by atoms with Crippen LogP contribution in [0.2, 0.25) is 0 Å². The van der Waals surface area contributed by atoms with Crippen LogP contribution in [0, 0.1) is 0 Å². The number of rotatable bonds is 5. The summed E-state index contributed by atoms with van der Waals surface area (Å²) < 4.78 is 22.2. The molecule has 4 N–H and O–H groups in total. The van der Waals surface area contributed by atoms with Crippen LogP contribution in [0.1, 0.15) is 10.4 Å².